The van der Waals surface area contributed by atoms with Crippen molar-refractivity contribution in [1.82, 2.24) is 15.2 Å². The second-order valence-corrected chi connectivity index (χ2v) is 8.78. The van der Waals surface area contributed by atoms with Crippen molar-refractivity contribution < 1.29 is 13.9 Å². The van der Waals surface area contributed by atoms with Crippen molar-refractivity contribution in [2.45, 2.75) is 23.6 Å². The van der Waals surface area contributed by atoms with E-state index in [0.29, 0.717) is 17.2 Å². The van der Waals surface area contributed by atoms with Gasteiger partial charge in [0, 0.05) is 16.8 Å². The molecule has 142 valence electrons. The Morgan fingerprint density at radius 1 is 1.18 bits per heavy atom. The molecule has 0 saturated carbocycles. The lowest BCUT2D eigenvalue weighted by molar-refractivity contribution is 0.0437. The van der Waals surface area contributed by atoms with Gasteiger partial charge in [-0.2, -0.15) is 0 Å². The molecule has 3 heterocycles. The first kappa shape index (κ1) is 18.9. The number of aryl methyl sites for hydroxylation is 1. The van der Waals surface area contributed by atoms with E-state index in [4.69, 9.17) is 9.15 Å². The van der Waals surface area contributed by atoms with Crippen molar-refractivity contribution in [2.75, 3.05) is 0 Å². The van der Waals surface area contributed by atoms with Crippen molar-refractivity contribution in [1.29, 1.82) is 0 Å². The minimum Gasteiger partial charge on any atom is -0.452 e. The molecule has 0 atom stereocenters. The molecular formula is C19H15N3O3S3. The fourth-order valence-electron chi connectivity index (χ4n) is 2.40. The lowest BCUT2D eigenvalue weighted by atomic mass is 10.1. The summed E-state index contributed by atoms with van der Waals surface area (Å²) in [6.07, 6.45) is 0. The van der Waals surface area contributed by atoms with Gasteiger partial charge in [-0.3, -0.25) is 0 Å². The van der Waals surface area contributed by atoms with Gasteiger partial charge in [-0.25, -0.2) is 9.78 Å². The Hall–Kier alpha value is -2.49. The Morgan fingerprint density at radius 3 is 2.86 bits per heavy atom. The summed E-state index contributed by atoms with van der Waals surface area (Å²) in [5.41, 5.74) is 2.43. The maximum Gasteiger partial charge on any atom is 0.338 e. The highest BCUT2D eigenvalue weighted by Gasteiger charge is 2.16. The predicted molar refractivity (Wildman–Crippen MR) is 110 cm³/mol. The van der Waals surface area contributed by atoms with Crippen LogP contribution in [0, 0.1) is 6.92 Å². The molecule has 3 aromatic heterocycles. The fraction of sp³-hybridized carbons (Fsp3) is 0.158. The molecule has 1 aromatic carbocycles. The molecule has 0 radical (unpaired) electrons. The number of hydrogen-bond acceptors (Lipinski definition) is 9. The van der Waals surface area contributed by atoms with E-state index in [1.165, 1.54) is 11.3 Å². The smallest absolute Gasteiger partial charge is 0.338 e. The summed E-state index contributed by atoms with van der Waals surface area (Å²) in [4.78, 5) is 17.9. The molecule has 0 bridgehead atoms. The molecule has 28 heavy (non-hydrogen) atoms. The third kappa shape index (κ3) is 4.49. The average molecular weight is 430 g/mol. The van der Waals surface area contributed by atoms with Gasteiger partial charge in [0.2, 0.25) is 0 Å². The predicted octanol–water partition coefficient (Wildman–Crippen LogP) is 5.21. The van der Waals surface area contributed by atoms with Crippen molar-refractivity contribution in [3.63, 3.8) is 0 Å². The number of hydrogen-bond donors (Lipinski definition) is 0. The number of thiazole rings is 1. The zero-order valence-corrected chi connectivity index (χ0v) is 17.3. The van der Waals surface area contributed by atoms with Crippen LogP contribution in [-0.2, 0) is 17.1 Å². The van der Waals surface area contributed by atoms with E-state index >= 15 is 0 Å². The molecule has 0 saturated heterocycles. The van der Waals surface area contributed by atoms with Crippen LogP contribution in [0.1, 0.15) is 27.5 Å². The monoisotopic (exact) mass is 429 g/mol. The maximum absolute atomic E-state index is 12.6. The minimum absolute atomic E-state index is 0.0651. The van der Waals surface area contributed by atoms with E-state index in [1.54, 1.807) is 29.2 Å². The van der Waals surface area contributed by atoms with Crippen LogP contribution in [-0.4, -0.2) is 21.2 Å². The van der Waals surface area contributed by atoms with Gasteiger partial charge in [-0.1, -0.05) is 36.0 Å². The second kappa shape index (κ2) is 8.68. The molecule has 0 spiro atoms. The first-order chi connectivity index (χ1) is 13.7. The van der Waals surface area contributed by atoms with E-state index < -0.39 is 5.97 Å². The Bertz CT molecular complexity index is 1070. The van der Waals surface area contributed by atoms with Crippen LogP contribution in [0.2, 0.25) is 0 Å². The number of ether oxygens (including phenoxy) is 1. The van der Waals surface area contributed by atoms with Gasteiger partial charge in [-0.05, 0) is 30.0 Å². The van der Waals surface area contributed by atoms with Crippen LogP contribution >= 0.6 is 34.4 Å². The molecule has 0 aliphatic carbocycles. The molecule has 0 unspecified atom stereocenters. The summed E-state index contributed by atoms with van der Waals surface area (Å²) in [6, 6.07) is 11.2. The maximum atomic E-state index is 12.6. The lowest BCUT2D eigenvalue weighted by Gasteiger charge is -2.07. The zero-order chi connectivity index (χ0) is 19.3. The molecule has 4 aromatic rings. The van der Waals surface area contributed by atoms with Crippen LogP contribution in [0.25, 0.3) is 10.8 Å². The summed E-state index contributed by atoms with van der Waals surface area (Å²) in [5, 5.41) is 11.9. The van der Waals surface area contributed by atoms with Crippen molar-refractivity contribution in [3.05, 3.63) is 69.9 Å². The highest BCUT2D eigenvalue weighted by molar-refractivity contribution is 8.00. The molecule has 0 N–H and O–H groups in total. The standard InChI is InChI=1S/C19H15N3O3S3/c1-12-10-27-19(20-12)28-11-13-5-2-3-6-14(13)18(23)24-9-16-21-22-17(25-16)15-7-4-8-26-15/h2-8,10H,9,11H2,1H3. The van der Waals surface area contributed by atoms with E-state index in [0.717, 1.165) is 20.5 Å². The SMILES string of the molecule is Cc1csc(SCc2ccccc2C(=O)OCc2nnc(-c3cccs3)o2)n1. The van der Waals surface area contributed by atoms with Crippen LogP contribution in [0.15, 0.2) is 55.9 Å². The Labute approximate surface area is 173 Å². The quantitative estimate of drug-likeness (QED) is 0.295. The van der Waals surface area contributed by atoms with Crippen molar-refractivity contribution in [2.24, 2.45) is 0 Å². The van der Waals surface area contributed by atoms with Crippen molar-refractivity contribution in [3.8, 4) is 10.8 Å². The third-order valence-electron chi connectivity index (χ3n) is 3.71. The number of thioether (sulfide) groups is 1. The summed E-state index contributed by atoms with van der Waals surface area (Å²) >= 11 is 4.71. The summed E-state index contributed by atoms with van der Waals surface area (Å²) < 4.78 is 11.9. The summed E-state index contributed by atoms with van der Waals surface area (Å²) in [6.45, 7) is 1.90. The first-order valence-corrected chi connectivity index (χ1v) is 11.1. The van der Waals surface area contributed by atoms with Crippen LogP contribution in [0.4, 0.5) is 0 Å². The number of aromatic nitrogens is 3. The number of carbonyl (C=O) groups excluding carboxylic acids is 1. The Balaban J connectivity index is 1.39. The normalized spacial score (nSPS) is 10.9. The highest BCUT2D eigenvalue weighted by Crippen LogP contribution is 2.28. The average Bonchev–Trinajstić information content (AvgIpc) is 3.46. The van der Waals surface area contributed by atoms with Gasteiger partial charge in [0.05, 0.1) is 10.4 Å². The third-order valence-corrected chi connectivity index (χ3v) is 6.76. The molecule has 6 nitrogen and oxygen atoms in total. The number of nitrogens with zero attached hydrogens (tertiary/aromatic N) is 3. The van der Waals surface area contributed by atoms with Gasteiger partial charge in [-0.15, -0.1) is 32.9 Å². The van der Waals surface area contributed by atoms with Gasteiger partial charge in [0.15, 0.2) is 6.61 Å². The van der Waals surface area contributed by atoms with E-state index in [-0.39, 0.29) is 12.5 Å². The second-order valence-electron chi connectivity index (χ2n) is 5.76. The molecular weight excluding hydrogens is 414 g/mol. The molecule has 0 fully saturated rings. The Kier molecular flexibility index (Phi) is 5.84. The highest BCUT2D eigenvalue weighted by atomic mass is 32.2. The minimum atomic E-state index is -0.414. The molecule has 0 aliphatic heterocycles. The Morgan fingerprint density at radius 2 is 2.07 bits per heavy atom. The van der Waals surface area contributed by atoms with Crippen LogP contribution < -0.4 is 0 Å². The number of carbonyl (C=O) groups is 1. The number of thiophene rings is 1. The van der Waals surface area contributed by atoms with E-state index in [1.807, 2.05) is 48.0 Å². The zero-order valence-electron chi connectivity index (χ0n) is 14.8. The van der Waals surface area contributed by atoms with E-state index in [2.05, 4.69) is 15.2 Å². The first-order valence-electron chi connectivity index (χ1n) is 8.35. The number of esters is 1. The van der Waals surface area contributed by atoms with Crippen LogP contribution in [0.3, 0.4) is 0 Å². The van der Waals surface area contributed by atoms with E-state index in [9.17, 15) is 4.79 Å². The number of benzene rings is 1. The molecule has 0 amide bonds. The summed E-state index contributed by atoms with van der Waals surface area (Å²) in [7, 11) is 0. The number of rotatable bonds is 7. The largest absolute Gasteiger partial charge is 0.452 e. The van der Waals surface area contributed by atoms with Gasteiger partial charge in [0.25, 0.3) is 11.8 Å². The molecule has 9 heteroatoms. The van der Waals surface area contributed by atoms with Crippen LogP contribution in [0.5, 0.6) is 0 Å². The summed E-state index contributed by atoms with van der Waals surface area (Å²) in [5.74, 6) is 0.919. The van der Waals surface area contributed by atoms with Crippen molar-refractivity contribution >= 4 is 40.4 Å². The van der Waals surface area contributed by atoms with Gasteiger partial charge in [0.1, 0.15) is 4.34 Å². The molecule has 4 rings (SSSR count). The van der Waals surface area contributed by atoms with Gasteiger partial charge >= 0.3 is 5.97 Å². The fourth-order valence-corrected chi connectivity index (χ4v) is 4.90. The lowest BCUT2D eigenvalue weighted by Crippen LogP contribution is -2.08. The molecule has 0 aliphatic rings. The van der Waals surface area contributed by atoms with Gasteiger partial charge < -0.3 is 9.15 Å². The topological polar surface area (TPSA) is 78.1 Å².